The van der Waals surface area contributed by atoms with Crippen LogP contribution in [0.1, 0.15) is 17.0 Å². The van der Waals surface area contributed by atoms with E-state index in [2.05, 4.69) is 10.4 Å². The number of aryl methyl sites for hydroxylation is 2. The van der Waals surface area contributed by atoms with Crippen molar-refractivity contribution in [2.45, 2.75) is 13.8 Å². The Labute approximate surface area is 123 Å². The summed E-state index contributed by atoms with van der Waals surface area (Å²) in [5, 5.41) is 7.74. The lowest BCUT2D eigenvalue weighted by molar-refractivity contribution is -0.111. The molecule has 104 valence electrons. The first-order chi connectivity index (χ1) is 9.47. The summed E-state index contributed by atoms with van der Waals surface area (Å²) in [4.78, 5) is 11.9. The molecule has 1 aromatic carbocycles. The van der Waals surface area contributed by atoms with Crippen LogP contribution in [0.5, 0.6) is 0 Å². The minimum atomic E-state index is -0.191. The second-order valence-electron chi connectivity index (χ2n) is 4.55. The van der Waals surface area contributed by atoms with Crippen LogP contribution >= 0.6 is 11.6 Å². The molecule has 1 aromatic heterocycles. The first-order valence-corrected chi connectivity index (χ1v) is 6.60. The minimum Gasteiger partial charge on any atom is -0.319 e. The Bertz CT molecular complexity index is 674. The second-order valence-corrected chi connectivity index (χ2v) is 4.98. The number of nitrogens with zero attached hydrogens (tertiary/aromatic N) is 2. The van der Waals surface area contributed by atoms with Gasteiger partial charge in [0.2, 0.25) is 5.91 Å². The molecule has 0 unspecified atom stereocenters. The van der Waals surface area contributed by atoms with Gasteiger partial charge in [-0.05, 0) is 37.6 Å². The van der Waals surface area contributed by atoms with Crippen molar-refractivity contribution in [2.24, 2.45) is 7.05 Å². The number of nitrogens with one attached hydrogen (secondary N) is 1. The van der Waals surface area contributed by atoms with Crippen molar-refractivity contribution in [3.8, 4) is 0 Å². The van der Waals surface area contributed by atoms with E-state index in [0.717, 1.165) is 22.6 Å². The molecule has 0 spiro atoms. The van der Waals surface area contributed by atoms with E-state index in [1.54, 1.807) is 22.9 Å². The van der Waals surface area contributed by atoms with Crippen LogP contribution in [0, 0.1) is 13.8 Å². The fraction of sp³-hybridized carbons (Fsp3) is 0.200. The number of halogens is 1. The highest BCUT2D eigenvalue weighted by molar-refractivity contribution is 6.30. The lowest BCUT2D eigenvalue weighted by Crippen LogP contribution is -2.09. The number of carbonyl (C=O) groups excluding carboxylic acids is 1. The number of aromatic nitrogens is 2. The summed E-state index contributed by atoms with van der Waals surface area (Å²) >= 11 is 5.89. The van der Waals surface area contributed by atoms with Crippen LogP contribution in [0.4, 0.5) is 5.69 Å². The van der Waals surface area contributed by atoms with Crippen LogP contribution in [0.15, 0.2) is 30.3 Å². The molecule has 5 heteroatoms. The summed E-state index contributed by atoms with van der Waals surface area (Å²) < 4.78 is 1.74. The quantitative estimate of drug-likeness (QED) is 0.881. The molecule has 0 aliphatic rings. The molecular formula is C15H16ClN3O. The first kappa shape index (κ1) is 14.3. The number of benzene rings is 1. The molecule has 0 radical (unpaired) electrons. The van der Waals surface area contributed by atoms with E-state index in [1.807, 2.05) is 33.0 Å². The second kappa shape index (κ2) is 5.92. The van der Waals surface area contributed by atoms with Gasteiger partial charge in [0.05, 0.1) is 17.1 Å². The van der Waals surface area contributed by atoms with Crippen LogP contribution in [0.3, 0.4) is 0 Å². The highest BCUT2D eigenvalue weighted by Gasteiger charge is 2.10. The number of anilines is 1. The molecule has 1 N–H and O–H groups in total. The number of hydrogen-bond donors (Lipinski definition) is 1. The molecular weight excluding hydrogens is 274 g/mol. The molecule has 1 amide bonds. The molecule has 2 rings (SSSR count). The molecule has 0 atom stereocenters. The minimum absolute atomic E-state index is 0.191. The molecule has 0 saturated carbocycles. The van der Waals surface area contributed by atoms with Gasteiger partial charge in [-0.1, -0.05) is 23.7 Å². The zero-order chi connectivity index (χ0) is 14.7. The maximum Gasteiger partial charge on any atom is 0.248 e. The van der Waals surface area contributed by atoms with Crippen molar-refractivity contribution in [3.05, 3.63) is 52.3 Å². The van der Waals surface area contributed by atoms with Crippen molar-refractivity contribution in [3.63, 3.8) is 0 Å². The van der Waals surface area contributed by atoms with Gasteiger partial charge < -0.3 is 5.32 Å². The first-order valence-electron chi connectivity index (χ1n) is 6.22. The highest BCUT2D eigenvalue weighted by Crippen LogP contribution is 2.18. The van der Waals surface area contributed by atoms with E-state index in [0.29, 0.717) is 5.02 Å². The Kier molecular flexibility index (Phi) is 4.25. The summed E-state index contributed by atoms with van der Waals surface area (Å²) in [5.74, 6) is -0.191. The van der Waals surface area contributed by atoms with Gasteiger partial charge >= 0.3 is 0 Å². The van der Waals surface area contributed by atoms with Gasteiger partial charge in [0, 0.05) is 18.1 Å². The van der Waals surface area contributed by atoms with E-state index in [-0.39, 0.29) is 5.91 Å². The number of rotatable bonds is 3. The van der Waals surface area contributed by atoms with E-state index in [9.17, 15) is 4.79 Å². The van der Waals surface area contributed by atoms with Crippen LogP contribution in [0.2, 0.25) is 5.02 Å². The molecule has 0 aliphatic heterocycles. The van der Waals surface area contributed by atoms with Crippen LogP contribution in [-0.4, -0.2) is 15.7 Å². The van der Waals surface area contributed by atoms with E-state index in [1.165, 1.54) is 6.08 Å². The molecule has 0 saturated heterocycles. The standard InChI is InChI=1S/C15H16ClN3O/c1-10-15(11(2)19(3)18-10)17-14(20)8-7-12-5-4-6-13(16)9-12/h4-9H,1-3H3,(H,17,20). The molecule has 0 aliphatic carbocycles. The number of hydrogen-bond acceptors (Lipinski definition) is 2. The van der Waals surface area contributed by atoms with Gasteiger partial charge in [-0.3, -0.25) is 9.48 Å². The van der Waals surface area contributed by atoms with Gasteiger partial charge in [-0.25, -0.2) is 0 Å². The van der Waals surface area contributed by atoms with E-state index >= 15 is 0 Å². The monoisotopic (exact) mass is 289 g/mol. The lowest BCUT2D eigenvalue weighted by Gasteiger charge is -2.02. The van der Waals surface area contributed by atoms with Gasteiger partial charge in [0.1, 0.15) is 0 Å². The summed E-state index contributed by atoms with van der Waals surface area (Å²) in [6, 6.07) is 7.32. The number of amides is 1. The fourth-order valence-electron chi connectivity index (χ4n) is 1.90. The molecule has 0 fully saturated rings. The summed E-state index contributed by atoms with van der Waals surface area (Å²) in [6.45, 7) is 3.78. The normalized spacial score (nSPS) is 11.0. The third-order valence-electron chi connectivity index (χ3n) is 3.03. The molecule has 20 heavy (non-hydrogen) atoms. The third-order valence-corrected chi connectivity index (χ3v) is 3.27. The zero-order valence-electron chi connectivity index (χ0n) is 11.6. The summed E-state index contributed by atoms with van der Waals surface area (Å²) in [6.07, 6.45) is 3.21. The Hall–Kier alpha value is -2.07. The van der Waals surface area contributed by atoms with Crippen LogP contribution in [-0.2, 0) is 11.8 Å². The smallest absolute Gasteiger partial charge is 0.248 e. The van der Waals surface area contributed by atoms with Gasteiger partial charge in [-0.15, -0.1) is 0 Å². The predicted molar refractivity (Wildman–Crippen MR) is 81.8 cm³/mol. The highest BCUT2D eigenvalue weighted by atomic mass is 35.5. The van der Waals surface area contributed by atoms with Gasteiger partial charge in [0.25, 0.3) is 0 Å². The SMILES string of the molecule is Cc1nn(C)c(C)c1NC(=O)C=Cc1cccc(Cl)c1. The molecule has 2 aromatic rings. The molecule has 4 nitrogen and oxygen atoms in total. The third kappa shape index (κ3) is 3.27. The van der Waals surface area contributed by atoms with Gasteiger partial charge in [-0.2, -0.15) is 5.10 Å². The maximum absolute atomic E-state index is 11.9. The Morgan fingerprint density at radius 3 is 2.75 bits per heavy atom. The zero-order valence-corrected chi connectivity index (χ0v) is 12.4. The van der Waals surface area contributed by atoms with Crippen molar-refractivity contribution < 1.29 is 4.79 Å². The topological polar surface area (TPSA) is 46.9 Å². The largest absolute Gasteiger partial charge is 0.319 e. The van der Waals surface area contributed by atoms with Crippen molar-refractivity contribution >= 4 is 29.3 Å². The molecule has 0 bridgehead atoms. The van der Waals surface area contributed by atoms with E-state index < -0.39 is 0 Å². The number of carbonyl (C=O) groups is 1. The Morgan fingerprint density at radius 2 is 2.15 bits per heavy atom. The predicted octanol–water partition coefficient (Wildman–Crippen LogP) is 3.34. The average Bonchev–Trinajstić information content (AvgIpc) is 2.63. The van der Waals surface area contributed by atoms with E-state index in [4.69, 9.17) is 11.6 Å². The average molecular weight is 290 g/mol. The van der Waals surface area contributed by atoms with Crippen molar-refractivity contribution in [1.29, 1.82) is 0 Å². The summed E-state index contributed by atoms with van der Waals surface area (Å²) in [7, 11) is 1.85. The molecule has 1 heterocycles. The Morgan fingerprint density at radius 1 is 1.40 bits per heavy atom. The van der Waals surface area contributed by atoms with Crippen molar-refractivity contribution in [2.75, 3.05) is 5.32 Å². The summed E-state index contributed by atoms with van der Waals surface area (Å²) in [5.41, 5.74) is 3.36. The van der Waals surface area contributed by atoms with Crippen molar-refractivity contribution in [1.82, 2.24) is 9.78 Å². The Balaban J connectivity index is 2.09. The van der Waals surface area contributed by atoms with Crippen LogP contribution in [0.25, 0.3) is 6.08 Å². The lowest BCUT2D eigenvalue weighted by atomic mass is 10.2. The van der Waals surface area contributed by atoms with Gasteiger partial charge in [0.15, 0.2) is 0 Å². The van der Waals surface area contributed by atoms with Crippen LogP contribution < -0.4 is 5.32 Å². The fourth-order valence-corrected chi connectivity index (χ4v) is 2.10. The maximum atomic E-state index is 11.9.